The highest BCUT2D eigenvalue weighted by Crippen LogP contribution is 2.45. The van der Waals surface area contributed by atoms with Gasteiger partial charge in [-0.3, -0.25) is 0 Å². The molecule has 7 heteroatoms. The molecule has 6 nitrogen and oxygen atoms in total. The first-order valence-corrected chi connectivity index (χ1v) is 8.74. The lowest BCUT2D eigenvalue weighted by atomic mass is 9.81. The summed E-state index contributed by atoms with van der Waals surface area (Å²) < 4.78 is 22.0. The van der Waals surface area contributed by atoms with Crippen molar-refractivity contribution in [1.29, 1.82) is 5.26 Å². The number of primary amides is 1. The molecular formula is C20H23FN4O2. The minimum Gasteiger partial charge on any atom is -0.391 e. The molecule has 142 valence electrons. The fraction of sp³-hybridized carbons (Fsp3) is 0.450. The molecule has 1 amide bonds. The van der Waals surface area contributed by atoms with Crippen LogP contribution in [0.15, 0.2) is 12.3 Å². The average Bonchev–Trinajstić information content (AvgIpc) is 3.00. The van der Waals surface area contributed by atoms with Crippen LogP contribution in [0.3, 0.4) is 0 Å². The molecule has 3 rings (SSSR count). The maximum absolute atomic E-state index is 15.0. The number of ether oxygens (including phenoxy) is 1. The number of nitrogens with zero attached hydrogens (tertiary/aromatic N) is 3. The molecule has 0 bridgehead atoms. The van der Waals surface area contributed by atoms with Crippen LogP contribution in [0.4, 0.5) is 9.18 Å². The molecule has 0 spiro atoms. The van der Waals surface area contributed by atoms with Crippen molar-refractivity contribution < 1.29 is 13.9 Å². The molecule has 0 saturated heterocycles. The molecule has 0 radical (unpaired) electrons. The minimum atomic E-state index is -1.01. The van der Waals surface area contributed by atoms with Gasteiger partial charge in [0.2, 0.25) is 5.88 Å². The summed E-state index contributed by atoms with van der Waals surface area (Å²) in [6.07, 6.45) is 0.729. The number of pyridine rings is 1. The molecule has 2 aromatic rings. The third-order valence-corrected chi connectivity index (χ3v) is 4.77. The monoisotopic (exact) mass is 370 g/mol. The third-order valence-electron chi connectivity index (χ3n) is 4.77. The number of hydrogen-bond acceptors (Lipinski definition) is 4. The first-order valence-electron chi connectivity index (χ1n) is 8.74. The number of rotatable bonds is 2. The Hall–Kier alpha value is -2.88. The van der Waals surface area contributed by atoms with Crippen LogP contribution in [0, 0.1) is 22.6 Å². The minimum absolute atomic E-state index is 0.0119. The van der Waals surface area contributed by atoms with Gasteiger partial charge in [0.15, 0.2) is 0 Å². The van der Waals surface area contributed by atoms with E-state index < -0.39 is 17.3 Å². The number of aromatic nitrogens is 2. The molecule has 0 atom stereocenters. The van der Waals surface area contributed by atoms with Crippen LogP contribution >= 0.6 is 0 Å². The molecule has 0 unspecified atom stereocenters. The Kier molecular flexibility index (Phi) is 4.26. The summed E-state index contributed by atoms with van der Waals surface area (Å²) in [6, 6.07) is 3.90. The normalized spacial score (nSPS) is 15.3. The summed E-state index contributed by atoms with van der Waals surface area (Å²) in [5.74, 6) is -0.540. The van der Waals surface area contributed by atoms with E-state index in [4.69, 9.17) is 10.5 Å². The highest BCUT2D eigenvalue weighted by molar-refractivity contribution is 5.77. The van der Waals surface area contributed by atoms with Gasteiger partial charge in [-0.2, -0.15) is 5.26 Å². The van der Waals surface area contributed by atoms with Gasteiger partial charge in [-0.15, -0.1) is 0 Å². The maximum Gasteiger partial charge on any atom is 0.411 e. The Bertz CT molecular complexity index is 977. The number of fused-ring (bicyclic) bond motifs is 1. The van der Waals surface area contributed by atoms with Crippen LogP contribution in [0.25, 0.3) is 11.1 Å². The van der Waals surface area contributed by atoms with Crippen LogP contribution in [0.1, 0.15) is 51.6 Å². The van der Waals surface area contributed by atoms with E-state index in [1.54, 1.807) is 6.07 Å². The van der Waals surface area contributed by atoms with Crippen LogP contribution in [-0.4, -0.2) is 15.6 Å². The largest absolute Gasteiger partial charge is 0.411 e. The zero-order valence-electron chi connectivity index (χ0n) is 16.2. The van der Waals surface area contributed by atoms with Gasteiger partial charge >= 0.3 is 6.09 Å². The Labute approximate surface area is 157 Å². The Morgan fingerprint density at radius 1 is 1.44 bits per heavy atom. The summed E-state index contributed by atoms with van der Waals surface area (Å²) in [5, 5.41) is 9.54. The molecule has 0 saturated carbocycles. The number of amides is 1. The molecule has 1 aliphatic heterocycles. The second-order valence-electron chi connectivity index (χ2n) is 8.76. The smallest absolute Gasteiger partial charge is 0.391 e. The van der Waals surface area contributed by atoms with Crippen molar-refractivity contribution >= 4 is 6.09 Å². The molecule has 3 heterocycles. The highest BCUT2D eigenvalue weighted by Gasteiger charge is 2.36. The van der Waals surface area contributed by atoms with E-state index in [1.807, 2.05) is 25.3 Å². The van der Waals surface area contributed by atoms with Crippen molar-refractivity contribution in [2.45, 2.75) is 53.0 Å². The van der Waals surface area contributed by atoms with E-state index in [0.29, 0.717) is 35.3 Å². The van der Waals surface area contributed by atoms with Crippen LogP contribution in [0.2, 0.25) is 0 Å². The van der Waals surface area contributed by atoms with Crippen molar-refractivity contribution in [1.82, 2.24) is 9.55 Å². The van der Waals surface area contributed by atoms with Gasteiger partial charge in [-0.25, -0.2) is 14.2 Å². The lowest BCUT2D eigenvalue weighted by Crippen LogP contribution is -2.22. The van der Waals surface area contributed by atoms with Gasteiger partial charge in [0.1, 0.15) is 17.6 Å². The van der Waals surface area contributed by atoms with E-state index in [0.717, 1.165) is 11.9 Å². The molecule has 1 aliphatic rings. The number of nitriles is 1. The molecule has 0 fully saturated rings. The molecule has 0 aromatic carbocycles. The van der Waals surface area contributed by atoms with E-state index in [-0.39, 0.29) is 11.3 Å². The van der Waals surface area contributed by atoms with Crippen LogP contribution < -0.4 is 10.5 Å². The zero-order chi connectivity index (χ0) is 20.1. The van der Waals surface area contributed by atoms with Crippen molar-refractivity contribution in [3.05, 3.63) is 35.0 Å². The third kappa shape index (κ3) is 3.27. The van der Waals surface area contributed by atoms with Crippen LogP contribution in [-0.2, 0) is 18.4 Å². The number of nitrogens with two attached hydrogens (primary N) is 1. The summed E-state index contributed by atoms with van der Waals surface area (Å²) in [6.45, 7) is 10.6. The Morgan fingerprint density at radius 2 is 2.11 bits per heavy atom. The molecule has 2 aromatic heterocycles. The SMILES string of the molecule is CC1(C)Cc2c(-c3c(F)cnc(OC(N)=O)c3C(C)(C)C)cc(C#N)n2C1. The lowest BCUT2D eigenvalue weighted by Gasteiger charge is -2.25. The first-order chi connectivity index (χ1) is 12.4. The van der Waals surface area contributed by atoms with Crippen molar-refractivity contribution in [3.8, 4) is 23.1 Å². The van der Waals surface area contributed by atoms with Gasteiger partial charge < -0.3 is 15.0 Å². The summed E-state index contributed by atoms with van der Waals surface area (Å²) in [7, 11) is 0. The van der Waals surface area contributed by atoms with E-state index in [1.165, 1.54) is 0 Å². The van der Waals surface area contributed by atoms with E-state index in [9.17, 15) is 10.1 Å². The predicted molar refractivity (Wildman–Crippen MR) is 98.7 cm³/mol. The molecule has 0 aliphatic carbocycles. The summed E-state index contributed by atoms with van der Waals surface area (Å²) in [5.41, 5.74) is 7.33. The molecule has 2 N–H and O–H groups in total. The standard InChI is InChI=1S/C20H23FN4O2/c1-19(2,3)16-15(13(21)9-24-17(16)27-18(23)26)12-6-11(8-22)25-10-20(4,5)7-14(12)25/h6,9H,7,10H2,1-5H3,(H2,23,26). The van der Waals surface area contributed by atoms with Gasteiger partial charge in [-0.05, 0) is 23.3 Å². The zero-order valence-corrected chi connectivity index (χ0v) is 16.2. The number of carbonyl (C=O) groups is 1. The van der Waals surface area contributed by atoms with Gasteiger partial charge in [0, 0.05) is 28.9 Å². The summed E-state index contributed by atoms with van der Waals surface area (Å²) in [4.78, 5) is 15.3. The van der Waals surface area contributed by atoms with Crippen molar-refractivity contribution in [2.24, 2.45) is 11.1 Å². The number of hydrogen-bond donors (Lipinski definition) is 1. The number of halogens is 1. The fourth-order valence-electron chi connectivity index (χ4n) is 3.81. The fourth-order valence-corrected chi connectivity index (χ4v) is 3.81. The van der Waals surface area contributed by atoms with Crippen molar-refractivity contribution in [3.63, 3.8) is 0 Å². The Morgan fingerprint density at radius 3 is 2.67 bits per heavy atom. The lowest BCUT2D eigenvalue weighted by molar-refractivity contribution is 0.208. The second-order valence-corrected chi connectivity index (χ2v) is 8.76. The highest BCUT2D eigenvalue weighted by atomic mass is 19.1. The predicted octanol–water partition coefficient (Wildman–Crippen LogP) is 3.90. The van der Waals surface area contributed by atoms with Gasteiger partial charge in [-0.1, -0.05) is 34.6 Å². The maximum atomic E-state index is 15.0. The van der Waals surface area contributed by atoms with E-state index >= 15 is 4.39 Å². The topological polar surface area (TPSA) is 93.9 Å². The molecule has 27 heavy (non-hydrogen) atoms. The first kappa shape index (κ1) is 18.9. The number of carbonyl (C=O) groups excluding carboxylic acids is 1. The van der Waals surface area contributed by atoms with Gasteiger partial charge in [0.05, 0.1) is 6.20 Å². The second kappa shape index (κ2) is 6.08. The average molecular weight is 370 g/mol. The quantitative estimate of drug-likeness (QED) is 0.867. The molecular weight excluding hydrogens is 347 g/mol. The van der Waals surface area contributed by atoms with E-state index in [2.05, 4.69) is 24.9 Å². The van der Waals surface area contributed by atoms with Crippen molar-refractivity contribution in [2.75, 3.05) is 0 Å². The Balaban J connectivity index is 2.34. The van der Waals surface area contributed by atoms with Gasteiger partial charge in [0.25, 0.3) is 0 Å². The summed E-state index contributed by atoms with van der Waals surface area (Å²) >= 11 is 0. The van der Waals surface area contributed by atoms with Crippen LogP contribution in [0.5, 0.6) is 5.88 Å².